The molecule has 20 heavy (non-hydrogen) atoms. The molecule has 0 saturated heterocycles. The Morgan fingerprint density at radius 1 is 1.25 bits per heavy atom. The average Bonchev–Trinajstić information content (AvgIpc) is 2.89. The molecular formula is C14H11ClN4O. The zero-order valence-corrected chi connectivity index (χ0v) is 11.1. The van der Waals surface area contributed by atoms with Crippen LogP contribution in [0.2, 0.25) is 5.02 Å². The molecule has 5 nitrogen and oxygen atoms in total. The minimum atomic E-state index is -0.342. The Bertz CT molecular complexity index is 797. The second kappa shape index (κ2) is 4.96. The fraction of sp³-hybridized carbons (Fsp3) is 0. The molecule has 0 aliphatic rings. The van der Waals surface area contributed by atoms with Crippen molar-refractivity contribution < 1.29 is 4.79 Å². The monoisotopic (exact) mass is 286 g/mol. The first kappa shape index (κ1) is 12.7. The number of nitrogens with one attached hydrogen (secondary N) is 2. The van der Waals surface area contributed by atoms with Crippen molar-refractivity contribution in [3.05, 3.63) is 53.1 Å². The number of nitrogens with zero attached hydrogens (tertiary/aromatic N) is 1. The van der Waals surface area contributed by atoms with Crippen molar-refractivity contribution in [2.24, 2.45) is 5.84 Å². The van der Waals surface area contributed by atoms with E-state index in [0.717, 1.165) is 16.6 Å². The van der Waals surface area contributed by atoms with E-state index in [0.29, 0.717) is 16.4 Å². The second-order valence-electron chi connectivity index (χ2n) is 4.30. The Kier molecular flexibility index (Phi) is 3.14. The highest BCUT2D eigenvalue weighted by atomic mass is 35.5. The van der Waals surface area contributed by atoms with Gasteiger partial charge in [0, 0.05) is 16.1 Å². The summed E-state index contributed by atoms with van der Waals surface area (Å²) in [4.78, 5) is 19.2. The lowest BCUT2D eigenvalue weighted by molar-refractivity contribution is 0.0953. The molecule has 1 heterocycles. The van der Waals surface area contributed by atoms with Crippen molar-refractivity contribution in [1.29, 1.82) is 0 Å². The van der Waals surface area contributed by atoms with Crippen LogP contribution in [-0.4, -0.2) is 15.9 Å². The molecule has 1 amide bonds. The fourth-order valence-corrected chi connectivity index (χ4v) is 2.18. The first-order chi connectivity index (χ1) is 9.67. The first-order valence-corrected chi connectivity index (χ1v) is 6.32. The standard InChI is InChI=1S/C14H11ClN4O/c15-10-4-5-11-12(7-10)18-13(17-11)8-2-1-3-9(6-8)14(20)19-16/h1-7H,16H2,(H,17,18)(H,19,20). The van der Waals surface area contributed by atoms with E-state index in [9.17, 15) is 4.79 Å². The molecular weight excluding hydrogens is 276 g/mol. The van der Waals surface area contributed by atoms with Gasteiger partial charge in [-0.1, -0.05) is 23.7 Å². The number of halogens is 1. The van der Waals surface area contributed by atoms with Gasteiger partial charge in [-0.25, -0.2) is 10.8 Å². The van der Waals surface area contributed by atoms with Crippen molar-refractivity contribution in [1.82, 2.24) is 15.4 Å². The summed E-state index contributed by atoms with van der Waals surface area (Å²) in [6.07, 6.45) is 0. The molecule has 0 spiro atoms. The molecule has 2 aromatic carbocycles. The number of carbonyl (C=O) groups is 1. The van der Waals surface area contributed by atoms with Gasteiger partial charge in [-0.15, -0.1) is 0 Å². The van der Waals surface area contributed by atoms with E-state index in [-0.39, 0.29) is 5.91 Å². The Labute approximate surface area is 119 Å². The van der Waals surface area contributed by atoms with E-state index in [1.807, 2.05) is 18.2 Å². The van der Waals surface area contributed by atoms with E-state index in [1.165, 1.54) is 0 Å². The highest BCUT2D eigenvalue weighted by Crippen LogP contribution is 2.23. The summed E-state index contributed by atoms with van der Waals surface area (Å²) in [6, 6.07) is 12.5. The molecule has 3 aromatic rings. The quantitative estimate of drug-likeness (QED) is 0.384. The summed E-state index contributed by atoms with van der Waals surface area (Å²) in [5, 5.41) is 0.643. The molecule has 0 radical (unpaired) electrons. The molecule has 0 aliphatic carbocycles. The molecule has 0 atom stereocenters. The largest absolute Gasteiger partial charge is 0.338 e. The SMILES string of the molecule is NNC(=O)c1cccc(-c2nc3ccc(Cl)cc3[nH]2)c1. The van der Waals surface area contributed by atoms with Gasteiger partial charge in [0.1, 0.15) is 5.82 Å². The number of benzene rings is 2. The summed E-state index contributed by atoms with van der Waals surface area (Å²) in [7, 11) is 0. The smallest absolute Gasteiger partial charge is 0.265 e. The number of aromatic amines is 1. The number of hydrazine groups is 1. The Balaban J connectivity index is 2.08. The number of amides is 1. The van der Waals surface area contributed by atoms with Gasteiger partial charge in [0.25, 0.3) is 5.91 Å². The molecule has 0 aliphatic heterocycles. The molecule has 3 rings (SSSR count). The maximum absolute atomic E-state index is 11.5. The van der Waals surface area contributed by atoms with Crippen LogP contribution in [-0.2, 0) is 0 Å². The number of aromatic nitrogens is 2. The number of H-pyrrole nitrogens is 1. The number of hydrogen-bond acceptors (Lipinski definition) is 3. The zero-order valence-electron chi connectivity index (χ0n) is 10.4. The van der Waals surface area contributed by atoms with Crippen molar-refractivity contribution in [2.75, 3.05) is 0 Å². The van der Waals surface area contributed by atoms with E-state index < -0.39 is 0 Å². The van der Waals surface area contributed by atoms with Crippen molar-refractivity contribution >= 4 is 28.5 Å². The molecule has 1 aromatic heterocycles. The average molecular weight is 287 g/mol. The van der Waals surface area contributed by atoms with E-state index in [4.69, 9.17) is 17.4 Å². The Morgan fingerprint density at radius 2 is 2.10 bits per heavy atom. The maximum Gasteiger partial charge on any atom is 0.265 e. The number of fused-ring (bicyclic) bond motifs is 1. The van der Waals surface area contributed by atoms with E-state index >= 15 is 0 Å². The maximum atomic E-state index is 11.5. The van der Waals surface area contributed by atoms with Gasteiger partial charge < -0.3 is 4.98 Å². The molecule has 100 valence electrons. The van der Waals surface area contributed by atoms with Crippen LogP contribution < -0.4 is 11.3 Å². The van der Waals surface area contributed by atoms with E-state index in [2.05, 4.69) is 15.4 Å². The van der Waals surface area contributed by atoms with Gasteiger partial charge in [-0.3, -0.25) is 10.2 Å². The fourth-order valence-electron chi connectivity index (χ4n) is 2.01. The van der Waals surface area contributed by atoms with Gasteiger partial charge in [-0.2, -0.15) is 0 Å². The van der Waals surface area contributed by atoms with Gasteiger partial charge >= 0.3 is 0 Å². The lowest BCUT2D eigenvalue weighted by Crippen LogP contribution is -2.29. The lowest BCUT2D eigenvalue weighted by Gasteiger charge is -2.01. The van der Waals surface area contributed by atoms with Crippen LogP contribution in [0.25, 0.3) is 22.4 Å². The van der Waals surface area contributed by atoms with Crippen molar-refractivity contribution in [2.45, 2.75) is 0 Å². The minimum Gasteiger partial charge on any atom is -0.338 e. The second-order valence-corrected chi connectivity index (χ2v) is 4.74. The van der Waals surface area contributed by atoms with Crippen LogP contribution >= 0.6 is 11.6 Å². The van der Waals surface area contributed by atoms with Crippen LogP contribution in [0.3, 0.4) is 0 Å². The normalized spacial score (nSPS) is 10.7. The molecule has 0 unspecified atom stereocenters. The first-order valence-electron chi connectivity index (χ1n) is 5.94. The van der Waals surface area contributed by atoms with Gasteiger partial charge in [-0.05, 0) is 30.3 Å². The number of hydrogen-bond donors (Lipinski definition) is 3. The van der Waals surface area contributed by atoms with Crippen molar-refractivity contribution in [3.8, 4) is 11.4 Å². The predicted octanol–water partition coefficient (Wildman–Crippen LogP) is 2.49. The Hall–Kier alpha value is -2.37. The third kappa shape index (κ3) is 2.24. The summed E-state index contributed by atoms with van der Waals surface area (Å²) >= 11 is 5.94. The summed E-state index contributed by atoms with van der Waals surface area (Å²) in [5.74, 6) is 5.47. The minimum absolute atomic E-state index is 0.342. The topological polar surface area (TPSA) is 83.8 Å². The number of nitrogens with two attached hydrogens (primary N) is 1. The molecule has 0 fully saturated rings. The van der Waals surface area contributed by atoms with Crippen LogP contribution in [0.5, 0.6) is 0 Å². The third-order valence-corrected chi connectivity index (χ3v) is 3.21. The number of nitrogen functional groups attached to an aromatic ring is 1. The van der Waals surface area contributed by atoms with Crippen LogP contribution in [0.1, 0.15) is 10.4 Å². The van der Waals surface area contributed by atoms with Crippen LogP contribution in [0, 0.1) is 0 Å². The molecule has 0 saturated carbocycles. The highest BCUT2D eigenvalue weighted by Gasteiger charge is 2.09. The third-order valence-electron chi connectivity index (χ3n) is 2.97. The number of rotatable bonds is 2. The van der Waals surface area contributed by atoms with E-state index in [1.54, 1.807) is 24.3 Å². The summed E-state index contributed by atoms with van der Waals surface area (Å²) < 4.78 is 0. The number of carbonyl (C=O) groups excluding carboxylic acids is 1. The number of imidazole rings is 1. The summed E-state index contributed by atoms with van der Waals surface area (Å²) in [5.41, 5.74) is 5.05. The highest BCUT2D eigenvalue weighted by molar-refractivity contribution is 6.31. The van der Waals surface area contributed by atoms with Gasteiger partial charge in [0.05, 0.1) is 11.0 Å². The van der Waals surface area contributed by atoms with Gasteiger partial charge in [0.15, 0.2) is 0 Å². The molecule has 0 bridgehead atoms. The lowest BCUT2D eigenvalue weighted by atomic mass is 10.1. The summed E-state index contributed by atoms with van der Waals surface area (Å²) in [6.45, 7) is 0. The van der Waals surface area contributed by atoms with Crippen LogP contribution in [0.15, 0.2) is 42.5 Å². The van der Waals surface area contributed by atoms with Gasteiger partial charge in [0.2, 0.25) is 0 Å². The van der Waals surface area contributed by atoms with Crippen LogP contribution in [0.4, 0.5) is 0 Å². The predicted molar refractivity (Wildman–Crippen MR) is 78.2 cm³/mol. The van der Waals surface area contributed by atoms with Crippen molar-refractivity contribution in [3.63, 3.8) is 0 Å². The molecule has 4 N–H and O–H groups in total. The Morgan fingerprint density at radius 3 is 2.90 bits per heavy atom. The zero-order chi connectivity index (χ0) is 14.1. The molecule has 6 heteroatoms.